The molecule has 19 heavy (non-hydrogen) atoms. The molecule has 0 fully saturated rings. The average Bonchev–Trinajstić information content (AvgIpc) is 2.43. The van der Waals surface area contributed by atoms with Gasteiger partial charge in [0, 0.05) is 18.0 Å². The summed E-state index contributed by atoms with van der Waals surface area (Å²) in [5, 5.41) is 12.7. The molecule has 0 saturated heterocycles. The van der Waals surface area contributed by atoms with Gasteiger partial charge in [-0.1, -0.05) is 23.2 Å². The molecular formula is C13H9Cl2N3O. The quantitative estimate of drug-likeness (QED) is 0.929. The third-order valence-electron chi connectivity index (χ3n) is 2.42. The van der Waals surface area contributed by atoms with Crippen LogP contribution in [0, 0.1) is 11.3 Å². The maximum absolute atomic E-state index is 8.90. The van der Waals surface area contributed by atoms with Crippen LogP contribution in [-0.4, -0.2) is 12.1 Å². The van der Waals surface area contributed by atoms with Gasteiger partial charge in [0.2, 0.25) is 0 Å². The molecule has 2 rings (SSSR count). The van der Waals surface area contributed by atoms with Gasteiger partial charge >= 0.3 is 0 Å². The third kappa shape index (κ3) is 2.90. The number of methoxy groups -OCH3 is 1. The summed E-state index contributed by atoms with van der Waals surface area (Å²) in [7, 11) is 1.53. The summed E-state index contributed by atoms with van der Waals surface area (Å²) in [5.41, 5.74) is 1.07. The van der Waals surface area contributed by atoms with Crippen LogP contribution in [0.2, 0.25) is 10.0 Å². The lowest BCUT2D eigenvalue weighted by Gasteiger charge is -2.10. The molecule has 0 saturated carbocycles. The van der Waals surface area contributed by atoms with Gasteiger partial charge in [-0.3, -0.25) is 0 Å². The fourth-order valence-electron chi connectivity index (χ4n) is 1.49. The van der Waals surface area contributed by atoms with Gasteiger partial charge < -0.3 is 10.1 Å². The van der Waals surface area contributed by atoms with Gasteiger partial charge in [0.15, 0.2) is 5.82 Å². The minimum atomic E-state index is 0.277. The SMILES string of the molecule is COc1cc(Nc2nccc(C#N)c2Cl)ccc1Cl. The molecule has 1 heterocycles. The predicted molar refractivity (Wildman–Crippen MR) is 75.2 cm³/mol. The summed E-state index contributed by atoms with van der Waals surface area (Å²) < 4.78 is 5.12. The summed E-state index contributed by atoms with van der Waals surface area (Å²) >= 11 is 12.0. The van der Waals surface area contributed by atoms with Crippen LogP contribution in [0.15, 0.2) is 30.5 Å². The number of halogens is 2. The molecule has 0 radical (unpaired) electrons. The first kappa shape index (κ1) is 13.5. The van der Waals surface area contributed by atoms with E-state index in [2.05, 4.69) is 10.3 Å². The smallest absolute Gasteiger partial charge is 0.150 e. The van der Waals surface area contributed by atoms with Gasteiger partial charge in [-0.05, 0) is 18.2 Å². The van der Waals surface area contributed by atoms with E-state index < -0.39 is 0 Å². The van der Waals surface area contributed by atoms with E-state index in [1.54, 1.807) is 24.3 Å². The lowest BCUT2D eigenvalue weighted by molar-refractivity contribution is 0.415. The first-order chi connectivity index (χ1) is 9.15. The Morgan fingerprint density at radius 2 is 2.11 bits per heavy atom. The fourth-order valence-corrected chi connectivity index (χ4v) is 1.89. The molecule has 1 aromatic heterocycles. The second-order valence-corrected chi connectivity index (χ2v) is 4.39. The minimum Gasteiger partial charge on any atom is -0.495 e. The second kappa shape index (κ2) is 5.79. The van der Waals surface area contributed by atoms with Crippen molar-refractivity contribution >= 4 is 34.7 Å². The summed E-state index contributed by atoms with van der Waals surface area (Å²) in [6, 6.07) is 8.73. The van der Waals surface area contributed by atoms with E-state index in [1.165, 1.54) is 13.3 Å². The van der Waals surface area contributed by atoms with Crippen LogP contribution in [-0.2, 0) is 0 Å². The van der Waals surface area contributed by atoms with Crippen molar-refractivity contribution in [2.45, 2.75) is 0 Å². The monoisotopic (exact) mass is 293 g/mol. The predicted octanol–water partition coefficient (Wildman–Crippen LogP) is 4.01. The highest BCUT2D eigenvalue weighted by molar-refractivity contribution is 6.34. The maximum Gasteiger partial charge on any atom is 0.150 e. The van der Waals surface area contributed by atoms with Crippen molar-refractivity contribution in [2.75, 3.05) is 12.4 Å². The van der Waals surface area contributed by atoms with Crippen molar-refractivity contribution in [2.24, 2.45) is 0 Å². The van der Waals surface area contributed by atoms with Crippen molar-refractivity contribution in [3.05, 3.63) is 46.1 Å². The molecule has 0 spiro atoms. The van der Waals surface area contributed by atoms with Crippen LogP contribution in [0.4, 0.5) is 11.5 Å². The largest absolute Gasteiger partial charge is 0.495 e. The zero-order chi connectivity index (χ0) is 13.8. The fraction of sp³-hybridized carbons (Fsp3) is 0.0769. The lowest BCUT2D eigenvalue weighted by atomic mass is 10.2. The van der Waals surface area contributed by atoms with Crippen LogP contribution in [0.25, 0.3) is 0 Å². The number of hydrogen-bond donors (Lipinski definition) is 1. The van der Waals surface area contributed by atoms with E-state index in [1.807, 2.05) is 6.07 Å². The number of nitrogens with zero attached hydrogens (tertiary/aromatic N) is 2. The Morgan fingerprint density at radius 3 is 2.79 bits per heavy atom. The number of nitrogens with one attached hydrogen (secondary N) is 1. The molecule has 6 heteroatoms. The molecular weight excluding hydrogens is 285 g/mol. The van der Waals surface area contributed by atoms with Gasteiger partial charge in [0.05, 0.1) is 17.7 Å². The Bertz CT molecular complexity index is 653. The number of pyridine rings is 1. The van der Waals surface area contributed by atoms with Gasteiger partial charge in [-0.15, -0.1) is 0 Å². The average molecular weight is 294 g/mol. The van der Waals surface area contributed by atoms with Crippen molar-refractivity contribution < 1.29 is 4.74 Å². The topological polar surface area (TPSA) is 57.9 Å². The zero-order valence-corrected chi connectivity index (χ0v) is 11.5. The molecule has 0 bridgehead atoms. The zero-order valence-electron chi connectivity index (χ0n) is 9.95. The minimum absolute atomic E-state index is 0.277. The van der Waals surface area contributed by atoms with E-state index in [-0.39, 0.29) is 5.02 Å². The Kier molecular flexibility index (Phi) is 4.10. The summed E-state index contributed by atoms with van der Waals surface area (Å²) in [4.78, 5) is 4.09. The molecule has 4 nitrogen and oxygen atoms in total. The number of ether oxygens (including phenoxy) is 1. The number of benzene rings is 1. The molecule has 96 valence electrons. The molecule has 1 aromatic carbocycles. The number of nitriles is 1. The molecule has 0 atom stereocenters. The van der Waals surface area contributed by atoms with E-state index in [0.717, 1.165) is 0 Å². The van der Waals surface area contributed by atoms with Gasteiger partial charge in [0.25, 0.3) is 0 Å². The summed E-state index contributed by atoms with van der Waals surface area (Å²) in [5.74, 6) is 0.948. The van der Waals surface area contributed by atoms with Gasteiger partial charge in [-0.25, -0.2) is 4.98 Å². The number of anilines is 2. The summed E-state index contributed by atoms with van der Waals surface area (Å²) in [6.07, 6.45) is 1.51. The highest BCUT2D eigenvalue weighted by atomic mass is 35.5. The van der Waals surface area contributed by atoms with Crippen LogP contribution in [0.3, 0.4) is 0 Å². The highest BCUT2D eigenvalue weighted by Crippen LogP contribution is 2.31. The van der Waals surface area contributed by atoms with E-state index in [9.17, 15) is 0 Å². The Balaban J connectivity index is 2.34. The van der Waals surface area contributed by atoms with Crippen molar-refractivity contribution in [1.82, 2.24) is 4.98 Å². The normalized spacial score (nSPS) is 9.79. The molecule has 0 aliphatic heterocycles. The van der Waals surface area contributed by atoms with E-state index >= 15 is 0 Å². The Morgan fingerprint density at radius 1 is 1.32 bits per heavy atom. The molecule has 0 aliphatic carbocycles. The van der Waals surface area contributed by atoms with Gasteiger partial charge in [0.1, 0.15) is 16.8 Å². The first-order valence-electron chi connectivity index (χ1n) is 5.31. The van der Waals surface area contributed by atoms with Crippen molar-refractivity contribution in [3.63, 3.8) is 0 Å². The molecule has 1 N–H and O–H groups in total. The molecule has 0 unspecified atom stereocenters. The van der Waals surface area contributed by atoms with E-state index in [4.69, 9.17) is 33.2 Å². The first-order valence-corrected chi connectivity index (χ1v) is 6.06. The van der Waals surface area contributed by atoms with Crippen LogP contribution in [0.5, 0.6) is 5.75 Å². The van der Waals surface area contributed by atoms with Crippen molar-refractivity contribution in [3.8, 4) is 11.8 Å². The van der Waals surface area contributed by atoms with E-state index in [0.29, 0.717) is 27.8 Å². The second-order valence-electron chi connectivity index (χ2n) is 3.61. The molecule has 0 aliphatic rings. The van der Waals surface area contributed by atoms with Crippen LogP contribution < -0.4 is 10.1 Å². The molecule has 0 amide bonds. The number of aromatic nitrogens is 1. The van der Waals surface area contributed by atoms with Gasteiger partial charge in [-0.2, -0.15) is 5.26 Å². The Hall–Kier alpha value is -1.96. The number of hydrogen-bond acceptors (Lipinski definition) is 4. The third-order valence-corrected chi connectivity index (χ3v) is 3.12. The lowest BCUT2D eigenvalue weighted by Crippen LogP contribution is -1.96. The maximum atomic E-state index is 8.90. The molecule has 2 aromatic rings. The van der Waals surface area contributed by atoms with Crippen LogP contribution >= 0.6 is 23.2 Å². The number of rotatable bonds is 3. The van der Waals surface area contributed by atoms with Crippen molar-refractivity contribution in [1.29, 1.82) is 5.26 Å². The standard InChI is InChI=1S/C13H9Cl2N3O/c1-19-11-6-9(2-3-10(11)14)18-13-12(15)8(7-16)4-5-17-13/h2-6H,1H3,(H,17,18). The highest BCUT2D eigenvalue weighted by Gasteiger charge is 2.08. The summed E-state index contributed by atoms with van der Waals surface area (Å²) in [6.45, 7) is 0. The van der Waals surface area contributed by atoms with Crippen LogP contribution in [0.1, 0.15) is 5.56 Å². The Labute approximate surface area is 120 Å².